The van der Waals surface area contributed by atoms with Crippen molar-refractivity contribution in [3.05, 3.63) is 89.5 Å². The van der Waals surface area contributed by atoms with Crippen LogP contribution in [0.1, 0.15) is 22.7 Å². The number of anilines is 1. The van der Waals surface area contributed by atoms with E-state index in [2.05, 4.69) is 10.6 Å². The summed E-state index contributed by atoms with van der Waals surface area (Å²) >= 11 is 0. The van der Waals surface area contributed by atoms with E-state index in [0.29, 0.717) is 0 Å². The second-order valence-corrected chi connectivity index (χ2v) is 8.13. The number of methoxy groups -OCH3 is 2. The standard InChI is InChI=1S/C27H31N3O4/c1-19-5-11-22(12-6-19)28-25(31)17-30(2)18-26(32)29-27(20-7-13-23(33-3)14-8-20)21-9-15-24(34-4)16-10-21/h5-16,27H,17-18H2,1-4H3,(H,28,31)(H,29,32). The van der Waals surface area contributed by atoms with E-state index in [1.807, 2.05) is 79.7 Å². The van der Waals surface area contributed by atoms with Crippen LogP contribution in [0.25, 0.3) is 0 Å². The van der Waals surface area contributed by atoms with E-state index in [9.17, 15) is 9.59 Å². The Morgan fingerprint density at radius 3 is 1.71 bits per heavy atom. The molecule has 0 saturated heterocycles. The maximum atomic E-state index is 12.9. The van der Waals surface area contributed by atoms with E-state index in [1.54, 1.807) is 26.2 Å². The molecule has 3 aromatic rings. The summed E-state index contributed by atoms with van der Waals surface area (Å²) in [5.41, 5.74) is 3.68. The van der Waals surface area contributed by atoms with Gasteiger partial charge in [0.2, 0.25) is 11.8 Å². The van der Waals surface area contributed by atoms with Crippen molar-refractivity contribution in [1.82, 2.24) is 10.2 Å². The molecule has 0 aliphatic carbocycles. The minimum absolute atomic E-state index is 0.0735. The van der Waals surface area contributed by atoms with Gasteiger partial charge in [0.25, 0.3) is 0 Å². The Morgan fingerprint density at radius 1 is 0.765 bits per heavy atom. The summed E-state index contributed by atoms with van der Waals surface area (Å²) in [5.74, 6) is 1.11. The molecule has 178 valence electrons. The molecule has 3 aromatic carbocycles. The Hall–Kier alpha value is -3.84. The summed E-state index contributed by atoms with van der Waals surface area (Å²) in [4.78, 5) is 26.9. The zero-order valence-corrected chi connectivity index (χ0v) is 20.0. The number of benzene rings is 3. The van der Waals surface area contributed by atoms with Crippen molar-refractivity contribution in [2.24, 2.45) is 0 Å². The van der Waals surface area contributed by atoms with Gasteiger partial charge in [-0.1, -0.05) is 42.0 Å². The first-order chi connectivity index (χ1) is 16.4. The van der Waals surface area contributed by atoms with Crippen LogP contribution in [-0.2, 0) is 9.59 Å². The molecule has 2 N–H and O–H groups in total. The molecule has 34 heavy (non-hydrogen) atoms. The number of rotatable bonds is 10. The number of hydrogen-bond donors (Lipinski definition) is 2. The van der Waals surface area contributed by atoms with Gasteiger partial charge in [0, 0.05) is 5.69 Å². The number of aryl methyl sites for hydroxylation is 1. The maximum absolute atomic E-state index is 12.9. The normalized spacial score (nSPS) is 10.8. The van der Waals surface area contributed by atoms with Crippen LogP contribution in [0.15, 0.2) is 72.8 Å². The van der Waals surface area contributed by atoms with E-state index in [-0.39, 0.29) is 30.9 Å². The van der Waals surface area contributed by atoms with Gasteiger partial charge in [-0.15, -0.1) is 0 Å². The lowest BCUT2D eigenvalue weighted by molar-refractivity contribution is -0.123. The summed E-state index contributed by atoms with van der Waals surface area (Å²) in [7, 11) is 4.97. The number of carbonyl (C=O) groups is 2. The van der Waals surface area contributed by atoms with Crippen LogP contribution in [0.4, 0.5) is 5.69 Å². The first-order valence-corrected chi connectivity index (χ1v) is 11.0. The maximum Gasteiger partial charge on any atom is 0.238 e. The molecular weight excluding hydrogens is 430 g/mol. The topological polar surface area (TPSA) is 79.9 Å². The Labute approximate surface area is 200 Å². The van der Waals surface area contributed by atoms with E-state index < -0.39 is 0 Å². The quantitative estimate of drug-likeness (QED) is 0.480. The van der Waals surface area contributed by atoms with Crippen LogP contribution in [-0.4, -0.2) is 51.1 Å². The van der Waals surface area contributed by atoms with Crippen molar-refractivity contribution in [3.8, 4) is 11.5 Å². The van der Waals surface area contributed by atoms with Gasteiger partial charge in [-0.3, -0.25) is 14.5 Å². The highest BCUT2D eigenvalue weighted by molar-refractivity contribution is 5.92. The second-order valence-electron chi connectivity index (χ2n) is 8.13. The van der Waals surface area contributed by atoms with Crippen molar-refractivity contribution in [3.63, 3.8) is 0 Å². The third kappa shape index (κ3) is 7.08. The first-order valence-electron chi connectivity index (χ1n) is 11.0. The summed E-state index contributed by atoms with van der Waals surface area (Å²) in [6.45, 7) is 2.16. The van der Waals surface area contributed by atoms with Crippen molar-refractivity contribution >= 4 is 17.5 Å². The van der Waals surface area contributed by atoms with Gasteiger partial charge in [-0.2, -0.15) is 0 Å². The second kappa shape index (κ2) is 11.9. The summed E-state index contributed by atoms with van der Waals surface area (Å²) < 4.78 is 10.5. The molecule has 0 radical (unpaired) electrons. The largest absolute Gasteiger partial charge is 0.497 e. The van der Waals surface area contributed by atoms with Crippen LogP contribution in [0.2, 0.25) is 0 Å². The minimum Gasteiger partial charge on any atom is -0.497 e. The molecule has 2 amide bonds. The van der Waals surface area contributed by atoms with Crippen molar-refractivity contribution in [1.29, 1.82) is 0 Å². The third-order valence-corrected chi connectivity index (χ3v) is 5.37. The molecule has 0 unspecified atom stereocenters. The highest BCUT2D eigenvalue weighted by Crippen LogP contribution is 2.26. The molecule has 7 nitrogen and oxygen atoms in total. The number of amides is 2. The number of hydrogen-bond acceptors (Lipinski definition) is 5. The van der Waals surface area contributed by atoms with Gasteiger partial charge < -0.3 is 20.1 Å². The number of likely N-dealkylation sites (N-methyl/N-ethyl adjacent to an activating group) is 1. The average Bonchev–Trinajstić information content (AvgIpc) is 2.84. The Balaban J connectivity index is 1.65. The van der Waals surface area contributed by atoms with E-state index in [1.165, 1.54) is 0 Å². The molecule has 0 aliphatic rings. The highest BCUT2D eigenvalue weighted by atomic mass is 16.5. The lowest BCUT2D eigenvalue weighted by atomic mass is 9.98. The molecule has 0 spiro atoms. The van der Waals surface area contributed by atoms with E-state index in [0.717, 1.165) is 33.9 Å². The fourth-order valence-corrected chi connectivity index (χ4v) is 3.54. The van der Waals surface area contributed by atoms with Gasteiger partial charge >= 0.3 is 0 Å². The zero-order chi connectivity index (χ0) is 24.5. The lowest BCUT2D eigenvalue weighted by Crippen LogP contribution is -2.40. The third-order valence-electron chi connectivity index (χ3n) is 5.37. The van der Waals surface area contributed by atoms with Crippen molar-refractivity contribution < 1.29 is 19.1 Å². The Morgan fingerprint density at radius 2 is 1.24 bits per heavy atom. The van der Waals surface area contributed by atoms with Crippen molar-refractivity contribution in [2.75, 3.05) is 39.7 Å². The van der Waals surface area contributed by atoms with Gasteiger partial charge in [0.1, 0.15) is 11.5 Å². The Kier molecular flexibility index (Phi) is 8.65. The fourth-order valence-electron chi connectivity index (χ4n) is 3.54. The molecule has 0 saturated carbocycles. The van der Waals surface area contributed by atoms with Gasteiger partial charge in [0.05, 0.1) is 33.4 Å². The summed E-state index contributed by atoms with van der Waals surface area (Å²) in [6, 6.07) is 22.4. The Bertz CT molecular complexity index is 1030. The molecule has 0 aliphatic heterocycles. The molecule has 0 bridgehead atoms. The lowest BCUT2D eigenvalue weighted by Gasteiger charge is -2.22. The highest BCUT2D eigenvalue weighted by Gasteiger charge is 2.19. The minimum atomic E-state index is -0.362. The van der Waals surface area contributed by atoms with Crippen LogP contribution in [0.3, 0.4) is 0 Å². The van der Waals surface area contributed by atoms with Crippen LogP contribution in [0, 0.1) is 6.92 Å². The fraction of sp³-hybridized carbons (Fsp3) is 0.259. The van der Waals surface area contributed by atoms with Crippen LogP contribution >= 0.6 is 0 Å². The summed E-state index contributed by atoms with van der Waals surface area (Å²) in [6.07, 6.45) is 0. The predicted molar refractivity (Wildman–Crippen MR) is 133 cm³/mol. The molecular formula is C27H31N3O4. The first kappa shape index (κ1) is 24.8. The van der Waals surface area contributed by atoms with Crippen LogP contribution < -0.4 is 20.1 Å². The summed E-state index contributed by atoms with van der Waals surface area (Å²) in [5, 5.41) is 5.94. The van der Waals surface area contributed by atoms with Crippen LogP contribution in [0.5, 0.6) is 11.5 Å². The number of nitrogens with one attached hydrogen (secondary N) is 2. The monoisotopic (exact) mass is 461 g/mol. The molecule has 0 atom stereocenters. The van der Waals surface area contributed by atoms with Gasteiger partial charge in [-0.25, -0.2) is 0 Å². The van der Waals surface area contributed by atoms with E-state index in [4.69, 9.17) is 9.47 Å². The SMILES string of the molecule is COc1ccc(C(NC(=O)CN(C)CC(=O)Nc2ccc(C)cc2)c2ccc(OC)cc2)cc1. The number of nitrogens with zero attached hydrogens (tertiary/aromatic N) is 1. The van der Waals surface area contributed by atoms with Crippen molar-refractivity contribution in [2.45, 2.75) is 13.0 Å². The molecule has 3 rings (SSSR count). The molecule has 7 heteroatoms. The zero-order valence-electron chi connectivity index (χ0n) is 20.0. The number of carbonyl (C=O) groups excluding carboxylic acids is 2. The molecule has 0 heterocycles. The smallest absolute Gasteiger partial charge is 0.238 e. The van der Waals surface area contributed by atoms with E-state index >= 15 is 0 Å². The molecule has 0 fully saturated rings. The van der Waals surface area contributed by atoms with Gasteiger partial charge in [-0.05, 0) is 61.5 Å². The average molecular weight is 462 g/mol. The predicted octanol–water partition coefficient (Wildman–Crippen LogP) is 3.79. The van der Waals surface area contributed by atoms with Gasteiger partial charge in [0.15, 0.2) is 0 Å². The molecule has 0 aromatic heterocycles. The number of ether oxygens (including phenoxy) is 2.